The monoisotopic (exact) mass is 532 g/mol. The number of amides is 2. The Morgan fingerprint density at radius 1 is 1.00 bits per heavy atom. The van der Waals surface area contributed by atoms with E-state index in [1.54, 1.807) is 11.0 Å². The number of rotatable bonds is 10. The molecular formula is C32H37ClN2O3. The largest absolute Gasteiger partial charge is 0.483 e. The number of ether oxygens (including phenoxy) is 1. The number of benzene rings is 3. The molecule has 38 heavy (non-hydrogen) atoms. The minimum atomic E-state index is -0.703. The molecule has 4 rings (SSSR count). The highest BCUT2D eigenvalue weighted by atomic mass is 35.5. The number of hydrogen-bond acceptors (Lipinski definition) is 3. The van der Waals surface area contributed by atoms with Crippen LogP contribution in [0, 0.1) is 20.8 Å². The molecule has 2 amide bonds. The Labute approximate surface area is 231 Å². The second-order valence-corrected chi connectivity index (χ2v) is 10.7. The van der Waals surface area contributed by atoms with Gasteiger partial charge in [0.25, 0.3) is 5.91 Å². The molecule has 6 heteroatoms. The van der Waals surface area contributed by atoms with Gasteiger partial charge in [-0.25, -0.2) is 0 Å². The van der Waals surface area contributed by atoms with Gasteiger partial charge in [-0.15, -0.1) is 0 Å². The summed E-state index contributed by atoms with van der Waals surface area (Å²) in [4.78, 5) is 29.3. The van der Waals surface area contributed by atoms with Crippen molar-refractivity contribution in [2.45, 2.75) is 71.5 Å². The third kappa shape index (κ3) is 7.16. The average Bonchev–Trinajstić information content (AvgIpc) is 3.41. The highest BCUT2D eigenvalue weighted by Gasteiger charge is 2.32. The van der Waals surface area contributed by atoms with Crippen LogP contribution in [0.25, 0.3) is 0 Å². The van der Waals surface area contributed by atoms with Crippen molar-refractivity contribution < 1.29 is 14.3 Å². The van der Waals surface area contributed by atoms with Crippen LogP contribution in [0.3, 0.4) is 0 Å². The van der Waals surface area contributed by atoms with Gasteiger partial charge in [-0.2, -0.15) is 0 Å². The molecule has 1 aliphatic carbocycles. The molecule has 1 aliphatic rings. The number of halogens is 1. The maximum atomic E-state index is 13.9. The Morgan fingerprint density at radius 3 is 2.39 bits per heavy atom. The van der Waals surface area contributed by atoms with Gasteiger partial charge in [0.2, 0.25) is 5.91 Å². The molecule has 1 N–H and O–H groups in total. The van der Waals surface area contributed by atoms with Crippen LogP contribution < -0.4 is 10.1 Å². The van der Waals surface area contributed by atoms with Gasteiger partial charge in [0.15, 0.2) is 6.61 Å². The highest BCUT2D eigenvalue weighted by Crippen LogP contribution is 2.25. The normalized spacial score (nSPS) is 14.2. The molecule has 0 aromatic heterocycles. The molecule has 1 atom stereocenters. The van der Waals surface area contributed by atoms with E-state index in [2.05, 4.69) is 11.4 Å². The lowest BCUT2D eigenvalue weighted by Gasteiger charge is -2.32. The summed E-state index contributed by atoms with van der Waals surface area (Å²) < 4.78 is 6.07. The van der Waals surface area contributed by atoms with Crippen LogP contribution in [-0.2, 0) is 22.6 Å². The van der Waals surface area contributed by atoms with Gasteiger partial charge in [-0.3, -0.25) is 9.59 Å². The van der Waals surface area contributed by atoms with Gasteiger partial charge in [0.1, 0.15) is 11.8 Å². The zero-order valence-corrected chi connectivity index (χ0v) is 23.3. The first-order valence-corrected chi connectivity index (χ1v) is 13.8. The van der Waals surface area contributed by atoms with Crippen molar-refractivity contribution in [2.75, 3.05) is 6.61 Å². The Kier molecular flexibility index (Phi) is 9.46. The summed E-state index contributed by atoms with van der Waals surface area (Å²) in [6, 6.07) is 20.8. The average molecular weight is 533 g/mol. The Balaban J connectivity index is 1.64. The fraction of sp³-hybridized carbons (Fsp3) is 0.375. The second kappa shape index (κ2) is 13.0. The van der Waals surface area contributed by atoms with E-state index in [0.717, 1.165) is 53.5 Å². The van der Waals surface area contributed by atoms with Crippen molar-refractivity contribution in [3.8, 4) is 5.75 Å². The maximum Gasteiger partial charge on any atom is 0.261 e. The van der Waals surface area contributed by atoms with Crippen molar-refractivity contribution in [3.05, 3.63) is 99.6 Å². The molecule has 1 saturated carbocycles. The van der Waals surface area contributed by atoms with E-state index >= 15 is 0 Å². The zero-order valence-electron chi connectivity index (χ0n) is 22.5. The fourth-order valence-corrected chi connectivity index (χ4v) is 5.30. The van der Waals surface area contributed by atoms with Gasteiger partial charge >= 0.3 is 0 Å². The molecule has 200 valence electrons. The van der Waals surface area contributed by atoms with E-state index in [-0.39, 0.29) is 31.0 Å². The standard InChI is InChI=1S/C32H37ClN2O3/c1-22-17-23(2)24(3)30(18-22)38-21-31(36)35(20-26-13-7-10-16-28(26)33)29(19-25-11-5-4-6-12-25)32(37)34-27-14-8-9-15-27/h4-7,10-13,16-18,27,29H,8-9,14-15,19-21H2,1-3H3,(H,34,37)/t29-/m1/s1. The first-order chi connectivity index (χ1) is 18.3. The van der Waals surface area contributed by atoms with Crippen LogP contribution in [0.2, 0.25) is 5.02 Å². The number of carbonyl (C=O) groups excluding carboxylic acids is 2. The Hall–Kier alpha value is -3.31. The molecule has 3 aromatic rings. The van der Waals surface area contributed by atoms with E-state index < -0.39 is 6.04 Å². The fourth-order valence-electron chi connectivity index (χ4n) is 5.10. The van der Waals surface area contributed by atoms with Gasteiger partial charge in [0.05, 0.1) is 0 Å². The number of hydrogen-bond donors (Lipinski definition) is 1. The van der Waals surface area contributed by atoms with Gasteiger partial charge in [-0.1, -0.05) is 79.0 Å². The topological polar surface area (TPSA) is 58.6 Å². The molecule has 0 unspecified atom stereocenters. The van der Waals surface area contributed by atoms with Crippen LogP contribution in [0.4, 0.5) is 0 Å². The van der Waals surface area contributed by atoms with E-state index in [4.69, 9.17) is 16.3 Å². The molecule has 3 aromatic carbocycles. The van der Waals surface area contributed by atoms with Gasteiger partial charge in [-0.05, 0) is 73.6 Å². The predicted molar refractivity (Wildman–Crippen MR) is 152 cm³/mol. The number of carbonyl (C=O) groups is 2. The quantitative estimate of drug-likeness (QED) is 0.331. The van der Waals surface area contributed by atoms with Crippen molar-refractivity contribution in [2.24, 2.45) is 0 Å². The summed E-state index contributed by atoms with van der Waals surface area (Å²) in [5, 5.41) is 3.79. The van der Waals surface area contributed by atoms with Crippen molar-refractivity contribution in [1.82, 2.24) is 10.2 Å². The van der Waals surface area contributed by atoms with E-state index in [0.29, 0.717) is 17.2 Å². The van der Waals surface area contributed by atoms with Gasteiger partial charge < -0.3 is 15.0 Å². The lowest BCUT2D eigenvalue weighted by Crippen LogP contribution is -2.53. The van der Waals surface area contributed by atoms with Crippen LogP contribution in [0.5, 0.6) is 5.75 Å². The minimum absolute atomic E-state index is 0.135. The molecule has 0 heterocycles. The Morgan fingerprint density at radius 2 is 1.68 bits per heavy atom. The SMILES string of the molecule is Cc1cc(C)c(C)c(OCC(=O)N(Cc2ccccc2Cl)[C@H](Cc2ccccc2)C(=O)NC2CCCC2)c1. The molecule has 1 fully saturated rings. The van der Waals surface area contributed by atoms with Crippen molar-refractivity contribution in [3.63, 3.8) is 0 Å². The third-order valence-electron chi connectivity index (χ3n) is 7.39. The highest BCUT2D eigenvalue weighted by molar-refractivity contribution is 6.31. The summed E-state index contributed by atoms with van der Waals surface area (Å²) in [6.45, 7) is 6.07. The molecular weight excluding hydrogens is 496 g/mol. The lowest BCUT2D eigenvalue weighted by molar-refractivity contribution is -0.143. The minimum Gasteiger partial charge on any atom is -0.483 e. The van der Waals surface area contributed by atoms with Gasteiger partial charge in [0, 0.05) is 24.0 Å². The molecule has 0 bridgehead atoms. The van der Waals surface area contributed by atoms with Crippen molar-refractivity contribution in [1.29, 1.82) is 0 Å². The predicted octanol–water partition coefficient (Wildman–Crippen LogP) is 6.34. The summed E-state index contributed by atoms with van der Waals surface area (Å²) >= 11 is 6.51. The third-order valence-corrected chi connectivity index (χ3v) is 7.76. The molecule has 5 nitrogen and oxygen atoms in total. The summed E-state index contributed by atoms with van der Waals surface area (Å²) in [7, 11) is 0. The summed E-state index contributed by atoms with van der Waals surface area (Å²) in [5.74, 6) is 0.290. The summed E-state index contributed by atoms with van der Waals surface area (Å²) in [5.41, 5.74) is 4.96. The van der Waals surface area contributed by atoms with E-state index in [9.17, 15) is 9.59 Å². The van der Waals surface area contributed by atoms with Crippen LogP contribution in [0.15, 0.2) is 66.7 Å². The lowest BCUT2D eigenvalue weighted by atomic mass is 10.0. The first-order valence-electron chi connectivity index (χ1n) is 13.4. The van der Waals surface area contributed by atoms with Crippen LogP contribution in [-0.4, -0.2) is 35.4 Å². The molecule has 0 radical (unpaired) electrons. The zero-order chi connectivity index (χ0) is 27.1. The Bertz CT molecular complexity index is 1250. The van der Waals surface area contributed by atoms with Crippen molar-refractivity contribution >= 4 is 23.4 Å². The summed E-state index contributed by atoms with van der Waals surface area (Å²) in [6.07, 6.45) is 4.56. The number of nitrogens with one attached hydrogen (secondary N) is 1. The number of nitrogens with zero attached hydrogens (tertiary/aromatic N) is 1. The number of aryl methyl sites for hydroxylation is 2. The second-order valence-electron chi connectivity index (χ2n) is 10.3. The van der Waals surface area contributed by atoms with E-state index in [1.165, 1.54) is 0 Å². The first kappa shape index (κ1) is 27.7. The van der Waals surface area contributed by atoms with Crippen LogP contribution in [0.1, 0.15) is 53.5 Å². The maximum absolute atomic E-state index is 13.9. The van der Waals surface area contributed by atoms with Crippen LogP contribution >= 0.6 is 11.6 Å². The molecule has 0 aliphatic heterocycles. The molecule has 0 spiro atoms. The smallest absolute Gasteiger partial charge is 0.261 e. The van der Waals surface area contributed by atoms with E-state index in [1.807, 2.05) is 75.4 Å². The molecule has 0 saturated heterocycles.